The molecular formula is C20H18ClN3O3. The van der Waals surface area contributed by atoms with Gasteiger partial charge in [-0.05, 0) is 44.2 Å². The smallest absolute Gasteiger partial charge is 0.271 e. The third kappa shape index (κ3) is 3.85. The molecule has 0 N–H and O–H groups in total. The molecule has 7 heteroatoms. The van der Waals surface area contributed by atoms with Crippen molar-refractivity contribution in [3.8, 4) is 11.4 Å². The lowest BCUT2D eigenvalue weighted by Crippen LogP contribution is -1.99. The van der Waals surface area contributed by atoms with Crippen molar-refractivity contribution < 1.29 is 9.66 Å². The van der Waals surface area contributed by atoms with Gasteiger partial charge in [0.25, 0.3) is 5.69 Å². The molecule has 0 saturated carbocycles. The first kappa shape index (κ1) is 18.7. The van der Waals surface area contributed by atoms with Crippen LogP contribution in [-0.4, -0.2) is 22.8 Å². The van der Waals surface area contributed by atoms with Crippen LogP contribution in [0.2, 0.25) is 5.02 Å². The van der Waals surface area contributed by atoms with Crippen molar-refractivity contribution in [1.29, 1.82) is 0 Å². The van der Waals surface area contributed by atoms with Gasteiger partial charge in [0.2, 0.25) is 0 Å². The van der Waals surface area contributed by atoms with E-state index in [0.29, 0.717) is 16.5 Å². The van der Waals surface area contributed by atoms with Gasteiger partial charge >= 0.3 is 0 Å². The van der Waals surface area contributed by atoms with Crippen LogP contribution in [0.1, 0.15) is 17.0 Å². The molecule has 0 aliphatic carbocycles. The fourth-order valence-corrected chi connectivity index (χ4v) is 3.15. The largest absolute Gasteiger partial charge is 0.494 e. The predicted octanol–water partition coefficient (Wildman–Crippen LogP) is 5.41. The monoisotopic (exact) mass is 383 g/mol. The van der Waals surface area contributed by atoms with Gasteiger partial charge in [-0.15, -0.1) is 0 Å². The Morgan fingerprint density at radius 2 is 1.96 bits per heavy atom. The number of nitro groups is 1. The first-order valence-electron chi connectivity index (χ1n) is 8.22. The standard InChI is InChI=1S/C20H18ClN3O3/c1-13-9-15(14(2)23(13)17-6-4-5-16(21)10-17)12-22-19-11-18(24(25)26)7-8-20(19)27-3/h4-12H,1-3H3. The number of nitrogens with zero attached hydrogens (tertiary/aromatic N) is 3. The number of benzene rings is 2. The number of nitro benzene ring substituents is 1. The topological polar surface area (TPSA) is 69.7 Å². The van der Waals surface area contributed by atoms with E-state index in [1.54, 1.807) is 12.3 Å². The summed E-state index contributed by atoms with van der Waals surface area (Å²) in [6, 6.07) is 13.9. The van der Waals surface area contributed by atoms with Crippen molar-refractivity contribution >= 4 is 29.2 Å². The number of aryl methyl sites for hydroxylation is 1. The van der Waals surface area contributed by atoms with E-state index in [9.17, 15) is 10.1 Å². The van der Waals surface area contributed by atoms with Crippen LogP contribution in [0.5, 0.6) is 5.75 Å². The second kappa shape index (κ2) is 7.63. The number of aromatic nitrogens is 1. The Hall–Kier alpha value is -3.12. The zero-order chi connectivity index (χ0) is 19.6. The van der Waals surface area contributed by atoms with Crippen LogP contribution in [0.25, 0.3) is 5.69 Å². The molecule has 0 atom stereocenters. The van der Waals surface area contributed by atoms with Crippen molar-refractivity contribution in [3.63, 3.8) is 0 Å². The van der Waals surface area contributed by atoms with Crippen molar-refractivity contribution in [2.75, 3.05) is 7.11 Å². The minimum absolute atomic E-state index is 0.0349. The molecule has 0 aliphatic heterocycles. The number of methoxy groups -OCH3 is 1. The summed E-state index contributed by atoms with van der Waals surface area (Å²) in [5.74, 6) is 0.473. The number of hydrogen-bond donors (Lipinski definition) is 0. The summed E-state index contributed by atoms with van der Waals surface area (Å²) >= 11 is 6.11. The molecule has 0 bridgehead atoms. The average Bonchev–Trinajstić information content (AvgIpc) is 2.93. The Balaban J connectivity index is 2.01. The minimum Gasteiger partial charge on any atom is -0.494 e. The Morgan fingerprint density at radius 1 is 1.19 bits per heavy atom. The first-order valence-corrected chi connectivity index (χ1v) is 8.60. The molecule has 0 unspecified atom stereocenters. The van der Waals surface area contributed by atoms with E-state index >= 15 is 0 Å². The maximum atomic E-state index is 11.0. The maximum absolute atomic E-state index is 11.0. The molecule has 3 rings (SSSR count). The van der Waals surface area contributed by atoms with Crippen LogP contribution >= 0.6 is 11.6 Å². The number of hydrogen-bond acceptors (Lipinski definition) is 4. The molecule has 6 nitrogen and oxygen atoms in total. The van der Waals surface area contributed by atoms with Crippen LogP contribution in [0.4, 0.5) is 11.4 Å². The van der Waals surface area contributed by atoms with E-state index in [2.05, 4.69) is 9.56 Å². The Morgan fingerprint density at radius 3 is 2.63 bits per heavy atom. The van der Waals surface area contributed by atoms with Gasteiger partial charge in [-0.1, -0.05) is 17.7 Å². The fourth-order valence-electron chi connectivity index (χ4n) is 2.96. The Labute approximate surface area is 161 Å². The summed E-state index contributed by atoms with van der Waals surface area (Å²) in [5, 5.41) is 11.7. The molecule has 1 heterocycles. The maximum Gasteiger partial charge on any atom is 0.271 e. The molecule has 0 aliphatic rings. The second-order valence-corrected chi connectivity index (χ2v) is 6.45. The van der Waals surface area contributed by atoms with Gasteiger partial charge in [-0.3, -0.25) is 15.1 Å². The van der Waals surface area contributed by atoms with Gasteiger partial charge in [0.1, 0.15) is 11.4 Å². The van der Waals surface area contributed by atoms with Gasteiger partial charge < -0.3 is 9.30 Å². The highest BCUT2D eigenvalue weighted by atomic mass is 35.5. The molecule has 3 aromatic rings. The number of aliphatic imine (C=N–C) groups is 1. The summed E-state index contributed by atoms with van der Waals surface area (Å²) in [6.07, 6.45) is 1.69. The molecule has 0 saturated heterocycles. The summed E-state index contributed by atoms with van der Waals surface area (Å²) in [5.41, 5.74) is 4.25. The molecular weight excluding hydrogens is 366 g/mol. The Bertz CT molecular complexity index is 1040. The summed E-state index contributed by atoms with van der Waals surface area (Å²) in [4.78, 5) is 15.0. The summed E-state index contributed by atoms with van der Waals surface area (Å²) in [6.45, 7) is 3.99. The minimum atomic E-state index is -0.455. The van der Waals surface area contributed by atoms with Gasteiger partial charge in [-0.25, -0.2) is 0 Å². The number of rotatable bonds is 5. The molecule has 1 aromatic heterocycles. The molecule has 0 radical (unpaired) electrons. The van der Waals surface area contributed by atoms with Crippen molar-refractivity contribution in [3.05, 3.63) is 80.6 Å². The van der Waals surface area contributed by atoms with E-state index in [-0.39, 0.29) is 5.69 Å². The number of non-ortho nitro benzene ring substituents is 1. The highest BCUT2D eigenvalue weighted by Gasteiger charge is 2.12. The zero-order valence-electron chi connectivity index (χ0n) is 15.1. The van der Waals surface area contributed by atoms with E-state index in [1.807, 2.05) is 44.2 Å². The normalized spacial score (nSPS) is 11.1. The summed E-state index contributed by atoms with van der Waals surface area (Å²) in [7, 11) is 1.51. The van der Waals surface area contributed by atoms with Crippen LogP contribution < -0.4 is 4.74 Å². The van der Waals surface area contributed by atoms with E-state index in [1.165, 1.54) is 19.2 Å². The van der Waals surface area contributed by atoms with E-state index in [4.69, 9.17) is 16.3 Å². The lowest BCUT2D eigenvalue weighted by Gasteiger charge is -2.09. The highest BCUT2D eigenvalue weighted by Crippen LogP contribution is 2.31. The first-order chi connectivity index (χ1) is 12.9. The average molecular weight is 384 g/mol. The van der Waals surface area contributed by atoms with E-state index in [0.717, 1.165) is 22.6 Å². The van der Waals surface area contributed by atoms with Crippen molar-refractivity contribution in [2.45, 2.75) is 13.8 Å². The lowest BCUT2D eigenvalue weighted by molar-refractivity contribution is -0.384. The zero-order valence-corrected chi connectivity index (χ0v) is 15.9. The highest BCUT2D eigenvalue weighted by molar-refractivity contribution is 6.30. The SMILES string of the molecule is COc1ccc([N+](=O)[O-])cc1N=Cc1cc(C)n(-c2cccc(Cl)c2)c1C. The van der Waals surface area contributed by atoms with Gasteiger partial charge in [0.15, 0.2) is 0 Å². The molecule has 2 aromatic carbocycles. The number of halogens is 1. The lowest BCUT2D eigenvalue weighted by atomic mass is 10.2. The van der Waals surface area contributed by atoms with Crippen molar-refractivity contribution in [2.24, 2.45) is 4.99 Å². The second-order valence-electron chi connectivity index (χ2n) is 6.01. The van der Waals surface area contributed by atoms with Crippen molar-refractivity contribution in [1.82, 2.24) is 4.57 Å². The van der Waals surface area contributed by atoms with Crippen LogP contribution in [0.15, 0.2) is 53.5 Å². The molecule has 0 amide bonds. The van der Waals surface area contributed by atoms with E-state index < -0.39 is 4.92 Å². The fraction of sp³-hybridized carbons (Fsp3) is 0.150. The van der Waals surface area contributed by atoms with Crippen LogP contribution in [0.3, 0.4) is 0 Å². The quantitative estimate of drug-likeness (QED) is 0.336. The van der Waals surface area contributed by atoms with Crippen LogP contribution in [0, 0.1) is 24.0 Å². The number of ether oxygens (including phenoxy) is 1. The molecule has 0 spiro atoms. The third-order valence-corrected chi connectivity index (χ3v) is 4.49. The van der Waals surface area contributed by atoms with Gasteiger partial charge in [0.05, 0.1) is 12.0 Å². The van der Waals surface area contributed by atoms with Gasteiger partial charge in [-0.2, -0.15) is 0 Å². The van der Waals surface area contributed by atoms with Crippen LogP contribution in [-0.2, 0) is 0 Å². The summed E-state index contributed by atoms with van der Waals surface area (Å²) < 4.78 is 7.34. The van der Waals surface area contributed by atoms with Gasteiger partial charge in [0, 0.05) is 46.0 Å². The molecule has 138 valence electrons. The molecule has 0 fully saturated rings. The Kier molecular flexibility index (Phi) is 5.28. The molecule has 27 heavy (non-hydrogen) atoms. The predicted molar refractivity (Wildman–Crippen MR) is 107 cm³/mol. The third-order valence-electron chi connectivity index (χ3n) is 4.25.